The fraction of sp³-hybridized carbons (Fsp3) is 0.222. The van der Waals surface area contributed by atoms with Crippen LogP contribution in [-0.2, 0) is 6.18 Å². The molecule has 1 rings (SSSR count). The summed E-state index contributed by atoms with van der Waals surface area (Å²) >= 11 is 3.10. The minimum Gasteiger partial charge on any atom is -0.387 e. The summed E-state index contributed by atoms with van der Waals surface area (Å²) in [6.45, 7) is 1.51. The molecule has 6 heteroatoms. The van der Waals surface area contributed by atoms with Gasteiger partial charge in [0.05, 0.1) is 17.1 Å². The Morgan fingerprint density at radius 2 is 2.00 bits per heavy atom. The molecule has 1 aromatic carbocycles. The van der Waals surface area contributed by atoms with Gasteiger partial charge in [-0.1, -0.05) is 0 Å². The Morgan fingerprint density at radius 1 is 1.40 bits per heavy atom. The van der Waals surface area contributed by atoms with Crippen LogP contribution in [0.15, 0.2) is 27.7 Å². The molecule has 0 fully saturated rings. The maximum Gasteiger partial charge on any atom is 0.416 e. The van der Waals surface area contributed by atoms with Crippen molar-refractivity contribution in [2.24, 2.45) is 10.7 Å². The summed E-state index contributed by atoms with van der Waals surface area (Å²) in [6, 6.07) is 3.22. The summed E-state index contributed by atoms with van der Waals surface area (Å²) in [5.41, 5.74) is 4.73. The summed E-state index contributed by atoms with van der Waals surface area (Å²) in [7, 11) is 0. The lowest BCUT2D eigenvalue weighted by molar-refractivity contribution is -0.137. The van der Waals surface area contributed by atoms with E-state index in [2.05, 4.69) is 20.9 Å². The molecule has 0 saturated carbocycles. The number of benzene rings is 1. The first kappa shape index (κ1) is 12.0. The molecule has 0 radical (unpaired) electrons. The van der Waals surface area contributed by atoms with Crippen molar-refractivity contribution >= 4 is 27.5 Å². The molecule has 0 amide bonds. The first-order chi connectivity index (χ1) is 6.80. The van der Waals surface area contributed by atoms with Crippen molar-refractivity contribution in [1.29, 1.82) is 0 Å². The average molecular weight is 281 g/mol. The Hall–Kier alpha value is -1.04. The monoisotopic (exact) mass is 280 g/mol. The van der Waals surface area contributed by atoms with E-state index in [1.165, 1.54) is 13.0 Å². The molecule has 0 heterocycles. The average Bonchev–Trinajstić information content (AvgIpc) is 2.06. The van der Waals surface area contributed by atoms with Crippen molar-refractivity contribution in [3.8, 4) is 0 Å². The van der Waals surface area contributed by atoms with E-state index >= 15 is 0 Å². The van der Waals surface area contributed by atoms with Crippen LogP contribution in [0.2, 0.25) is 0 Å². The number of halogens is 4. The van der Waals surface area contributed by atoms with Crippen molar-refractivity contribution < 1.29 is 13.2 Å². The van der Waals surface area contributed by atoms with Gasteiger partial charge in [-0.15, -0.1) is 0 Å². The van der Waals surface area contributed by atoms with E-state index in [1.807, 2.05) is 0 Å². The van der Waals surface area contributed by atoms with Gasteiger partial charge in [0.1, 0.15) is 0 Å². The topological polar surface area (TPSA) is 38.4 Å². The molecular formula is C9H8BrF3N2. The molecule has 0 aliphatic rings. The highest BCUT2D eigenvalue weighted by atomic mass is 79.9. The Kier molecular flexibility index (Phi) is 3.38. The molecule has 0 atom stereocenters. The Bertz CT molecular complexity index is 395. The zero-order valence-corrected chi connectivity index (χ0v) is 9.35. The van der Waals surface area contributed by atoms with Gasteiger partial charge >= 0.3 is 6.18 Å². The zero-order valence-electron chi connectivity index (χ0n) is 7.77. The zero-order chi connectivity index (χ0) is 11.6. The van der Waals surface area contributed by atoms with Crippen molar-refractivity contribution in [3.63, 3.8) is 0 Å². The smallest absolute Gasteiger partial charge is 0.387 e. The number of alkyl halides is 3. The molecule has 82 valence electrons. The van der Waals surface area contributed by atoms with Crippen LogP contribution in [-0.4, -0.2) is 5.84 Å². The van der Waals surface area contributed by atoms with Crippen LogP contribution in [0.4, 0.5) is 18.9 Å². The van der Waals surface area contributed by atoms with E-state index in [-0.39, 0.29) is 11.5 Å². The first-order valence-corrected chi connectivity index (χ1v) is 4.77. The molecule has 0 spiro atoms. The van der Waals surface area contributed by atoms with E-state index in [1.54, 1.807) is 0 Å². The fourth-order valence-electron chi connectivity index (χ4n) is 0.965. The van der Waals surface area contributed by atoms with E-state index in [4.69, 9.17) is 5.73 Å². The van der Waals surface area contributed by atoms with Crippen LogP contribution >= 0.6 is 15.9 Å². The number of aliphatic imine (C=N–C) groups is 1. The highest BCUT2D eigenvalue weighted by Crippen LogP contribution is 2.35. The molecule has 0 aliphatic heterocycles. The summed E-state index contributed by atoms with van der Waals surface area (Å²) in [6.07, 6.45) is -4.37. The minimum absolute atomic E-state index is 0.171. The predicted molar refractivity (Wildman–Crippen MR) is 56.1 cm³/mol. The Balaban J connectivity index is 3.23. The second-order valence-electron chi connectivity index (χ2n) is 2.92. The molecule has 0 bridgehead atoms. The van der Waals surface area contributed by atoms with Crippen LogP contribution in [0.1, 0.15) is 12.5 Å². The van der Waals surface area contributed by atoms with Crippen LogP contribution in [0.5, 0.6) is 0 Å². The first-order valence-electron chi connectivity index (χ1n) is 3.98. The van der Waals surface area contributed by atoms with Crippen LogP contribution < -0.4 is 5.73 Å². The SMILES string of the molecule is CC(N)=Nc1cc(C(F)(F)F)ccc1Br. The lowest BCUT2D eigenvalue weighted by Crippen LogP contribution is -2.06. The minimum atomic E-state index is -4.37. The molecule has 0 aliphatic carbocycles. The van der Waals surface area contributed by atoms with Gasteiger partial charge in [0.25, 0.3) is 0 Å². The number of rotatable bonds is 1. The molecule has 0 aromatic heterocycles. The quantitative estimate of drug-likeness (QED) is 0.621. The van der Waals surface area contributed by atoms with E-state index in [9.17, 15) is 13.2 Å². The van der Waals surface area contributed by atoms with Crippen LogP contribution in [0, 0.1) is 0 Å². The molecular weight excluding hydrogens is 273 g/mol. The van der Waals surface area contributed by atoms with Crippen molar-refractivity contribution in [1.82, 2.24) is 0 Å². The summed E-state index contributed by atoms with van der Waals surface area (Å²) in [5, 5.41) is 0. The Morgan fingerprint density at radius 3 is 2.47 bits per heavy atom. The molecule has 15 heavy (non-hydrogen) atoms. The maximum atomic E-state index is 12.3. The standard InChI is InChI=1S/C9H8BrF3N2/c1-5(14)15-8-4-6(9(11,12)13)2-3-7(8)10/h2-4H,1H3,(H2,14,15). The van der Waals surface area contributed by atoms with E-state index in [0.717, 1.165) is 12.1 Å². The number of hydrogen-bond acceptors (Lipinski definition) is 1. The van der Waals surface area contributed by atoms with Gasteiger partial charge in [0, 0.05) is 4.47 Å². The molecule has 2 nitrogen and oxygen atoms in total. The molecule has 0 unspecified atom stereocenters. The molecule has 1 aromatic rings. The maximum absolute atomic E-state index is 12.3. The fourth-order valence-corrected chi connectivity index (χ4v) is 1.30. The number of hydrogen-bond donors (Lipinski definition) is 1. The van der Waals surface area contributed by atoms with E-state index < -0.39 is 11.7 Å². The van der Waals surface area contributed by atoms with Gasteiger partial charge < -0.3 is 5.73 Å². The van der Waals surface area contributed by atoms with Crippen molar-refractivity contribution in [2.75, 3.05) is 0 Å². The lowest BCUT2D eigenvalue weighted by atomic mass is 10.2. The Labute approximate surface area is 93.1 Å². The summed E-state index contributed by atoms with van der Waals surface area (Å²) in [5.74, 6) is 0.204. The lowest BCUT2D eigenvalue weighted by Gasteiger charge is -2.08. The number of nitrogens with zero attached hydrogens (tertiary/aromatic N) is 1. The van der Waals surface area contributed by atoms with Gasteiger partial charge in [-0.3, -0.25) is 0 Å². The predicted octanol–water partition coefficient (Wildman–Crippen LogP) is 3.48. The van der Waals surface area contributed by atoms with Crippen LogP contribution in [0.25, 0.3) is 0 Å². The van der Waals surface area contributed by atoms with Crippen LogP contribution in [0.3, 0.4) is 0 Å². The highest BCUT2D eigenvalue weighted by molar-refractivity contribution is 9.10. The third-order valence-electron chi connectivity index (χ3n) is 1.57. The molecule has 2 N–H and O–H groups in total. The number of amidine groups is 1. The van der Waals surface area contributed by atoms with Gasteiger partial charge in [-0.05, 0) is 41.1 Å². The second-order valence-corrected chi connectivity index (χ2v) is 3.77. The van der Waals surface area contributed by atoms with Crippen molar-refractivity contribution in [3.05, 3.63) is 28.2 Å². The van der Waals surface area contributed by atoms with E-state index in [0.29, 0.717) is 4.47 Å². The summed E-state index contributed by atoms with van der Waals surface area (Å²) < 4.78 is 37.5. The molecule has 0 saturated heterocycles. The second kappa shape index (κ2) is 4.22. The number of nitrogens with two attached hydrogens (primary N) is 1. The van der Waals surface area contributed by atoms with Gasteiger partial charge in [-0.2, -0.15) is 13.2 Å². The third-order valence-corrected chi connectivity index (χ3v) is 2.24. The normalized spacial score (nSPS) is 13.0. The van der Waals surface area contributed by atoms with Gasteiger partial charge in [-0.25, -0.2) is 4.99 Å². The highest BCUT2D eigenvalue weighted by Gasteiger charge is 2.30. The largest absolute Gasteiger partial charge is 0.416 e. The van der Waals surface area contributed by atoms with Crippen molar-refractivity contribution in [2.45, 2.75) is 13.1 Å². The van der Waals surface area contributed by atoms with Gasteiger partial charge in [0.2, 0.25) is 0 Å². The third kappa shape index (κ3) is 3.23. The summed E-state index contributed by atoms with van der Waals surface area (Å²) in [4.78, 5) is 3.78. The van der Waals surface area contributed by atoms with Gasteiger partial charge in [0.15, 0.2) is 0 Å².